The Morgan fingerprint density at radius 3 is 2.58 bits per heavy atom. The molecule has 1 aromatic heterocycles. The predicted molar refractivity (Wildman–Crippen MR) is 52.0 cm³/mol. The summed E-state index contributed by atoms with van der Waals surface area (Å²) in [6, 6.07) is 0. The highest BCUT2D eigenvalue weighted by atomic mass is 79.9. The normalized spacial score (nSPS) is 21.1. The summed E-state index contributed by atoms with van der Waals surface area (Å²) < 4.78 is 0. The van der Waals surface area contributed by atoms with E-state index in [2.05, 4.69) is 26.1 Å². The third-order valence-corrected chi connectivity index (χ3v) is 3.48. The van der Waals surface area contributed by atoms with Crippen LogP contribution in [0.3, 0.4) is 0 Å². The molecule has 0 aliphatic heterocycles. The molecule has 0 aromatic carbocycles. The summed E-state index contributed by atoms with van der Waals surface area (Å²) in [4.78, 5) is 0.285. The number of nitrogens with zero attached hydrogens (tertiary/aromatic N) is 2. The molecule has 1 heterocycles. The second kappa shape index (κ2) is 3.13. The van der Waals surface area contributed by atoms with Gasteiger partial charge in [0.05, 0.1) is 0 Å². The third-order valence-electron chi connectivity index (χ3n) is 1.98. The monoisotopic (exact) mass is 266 g/mol. The molecule has 1 unspecified atom stereocenters. The fourth-order valence-corrected chi connectivity index (χ4v) is 2.78. The summed E-state index contributed by atoms with van der Waals surface area (Å²) in [5, 5.41) is 8.45. The molecule has 0 radical (unpaired) electrons. The van der Waals surface area contributed by atoms with Gasteiger partial charge in [0.2, 0.25) is 0 Å². The Hall–Kier alpha value is 0.140. The van der Waals surface area contributed by atoms with Crippen molar-refractivity contribution >= 4 is 39.1 Å². The molecule has 0 amide bonds. The summed E-state index contributed by atoms with van der Waals surface area (Å²) in [6.07, 6.45) is 1.95. The van der Waals surface area contributed by atoms with Crippen molar-refractivity contribution in [3.63, 3.8) is 0 Å². The largest absolute Gasteiger partial charge is 0.156 e. The van der Waals surface area contributed by atoms with E-state index in [9.17, 15) is 0 Å². The molecule has 0 saturated carbocycles. The van der Waals surface area contributed by atoms with Crippen molar-refractivity contribution in [1.82, 2.24) is 10.2 Å². The zero-order valence-corrected chi connectivity index (χ0v) is 9.12. The zero-order chi connectivity index (χ0) is 8.72. The first-order valence-corrected chi connectivity index (χ1v) is 5.22. The molecule has 2 rings (SSSR count). The molecule has 0 bridgehead atoms. The van der Waals surface area contributed by atoms with Gasteiger partial charge in [0.25, 0.3) is 0 Å². The van der Waals surface area contributed by atoms with Crippen molar-refractivity contribution in [2.45, 2.75) is 17.7 Å². The van der Waals surface area contributed by atoms with Crippen molar-refractivity contribution in [1.29, 1.82) is 0 Å². The lowest BCUT2D eigenvalue weighted by Crippen LogP contribution is -1.94. The number of aromatic nitrogens is 2. The molecule has 0 N–H and O–H groups in total. The molecular formula is C7H5BrCl2N2. The van der Waals surface area contributed by atoms with Gasteiger partial charge in [-0.3, -0.25) is 0 Å². The Morgan fingerprint density at radius 2 is 1.92 bits per heavy atom. The average molecular weight is 268 g/mol. The molecule has 5 heteroatoms. The van der Waals surface area contributed by atoms with Gasteiger partial charge in [0.1, 0.15) is 0 Å². The molecule has 12 heavy (non-hydrogen) atoms. The van der Waals surface area contributed by atoms with E-state index in [0.29, 0.717) is 10.3 Å². The SMILES string of the molecule is Clc1nnc(Cl)c2c1CCC2Br. The molecule has 64 valence electrons. The van der Waals surface area contributed by atoms with Gasteiger partial charge in [0.15, 0.2) is 10.3 Å². The summed E-state index contributed by atoms with van der Waals surface area (Å²) in [5.41, 5.74) is 2.05. The van der Waals surface area contributed by atoms with Crippen molar-refractivity contribution in [3.05, 3.63) is 21.4 Å². The van der Waals surface area contributed by atoms with E-state index in [1.54, 1.807) is 0 Å². The number of hydrogen-bond donors (Lipinski definition) is 0. The average Bonchev–Trinajstić information content (AvgIpc) is 2.42. The van der Waals surface area contributed by atoms with Crippen molar-refractivity contribution in [2.24, 2.45) is 0 Å². The van der Waals surface area contributed by atoms with Crippen LogP contribution in [0.1, 0.15) is 22.4 Å². The zero-order valence-electron chi connectivity index (χ0n) is 6.02. The number of hydrogen-bond acceptors (Lipinski definition) is 2. The first-order chi connectivity index (χ1) is 5.70. The summed E-state index contributed by atoms with van der Waals surface area (Å²) in [5.74, 6) is 0. The van der Waals surface area contributed by atoms with E-state index in [0.717, 1.165) is 24.0 Å². The van der Waals surface area contributed by atoms with Gasteiger partial charge < -0.3 is 0 Å². The van der Waals surface area contributed by atoms with E-state index in [4.69, 9.17) is 23.2 Å². The number of fused-ring (bicyclic) bond motifs is 1. The van der Waals surface area contributed by atoms with Crippen molar-refractivity contribution in [2.75, 3.05) is 0 Å². The molecule has 1 atom stereocenters. The molecule has 1 aromatic rings. The molecule has 0 saturated heterocycles. The molecular weight excluding hydrogens is 263 g/mol. The molecule has 0 spiro atoms. The van der Waals surface area contributed by atoms with Crippen LogP contribution in [0.15, 0.2) is 0 Å². The number of halogens is 3. The minimum Gasteiger partial charge on any atom is -0.137 e. The van der Waals surface area contributed by atoms with E-state index in [-0.39, 0.29) is 4.83 Å². The van der Waals surface area contributed by atoms with Gasteiger partial charge in [-0.1, -0.05) is 39.1 Å². The van der Waals surface area contributed by atoms with Crippen LogP contribution in [0.5, 0.6) is 0 Å². The highest BCUT2D eigenvalue weighted by Crippen LogP contribution is 2.42. The topological polar surface area (TPSA) is 25.8 Å². The van der Waals surface area contributed by atoms with Crippen LogP contribution in [-0.2, 0) is 6.42 Å². The van der Waals surface area contributed by atoms with Gasteiger partial charge in [-0.2, -0.15) is 0 Å². The molecule has 2 nitrogen and oxygen atoms in total. The minimum absolute atomic E-state index is 0.285. The van der Waals surface area contributed by atoms with Crippen molar-refractivity contribution < 1.29 is 0 Å². The lowest BCUT2D eigenvalue weighted by molar-refractivity contribution is 0.903. The van der Waals surface area contributed by atoms with Crippen LogP contribution in [0, 0.1) is 0 Å². The maximum absolute atomic E-state index is 5.87. The predicted octanol–water partition coefficient (Wildman–Crippen LogP) is 3.17. The molecule has 1 aliphatic carbocycles. The van der Waals surface area contributed by atoms with E-state index in [1.165, 1.54) is 0 Å². The lowest BCUT2D eigenvalue weighted by atomic mass is 10.2. The first-order valence-electron chi connectivity index (χ1n) is 3.54. The standard InChI is InChI=1S/C7H5BrCl2N2/c8-4-2-1-3-5(4)7(10)12-11-6(3)9/h4H,1-2H2. The second-order valence-electron chi connectivity index (χ2n) is 2.68. The Kier molecular flexibility index (Phi) is 2.27. The smallest absolute Gasteiger partial charge is 0.137 e. The number of alkyl halides is 1. The van der Waals surface area contributed by atoms with Gasteiger partial charge in [-0.15, -0.1) is 10.2 Å². The third kappa shape index (κ3) is 1.24. The van der Waals surface area contributed by atoms with Crippen LogP contribution in [0.2, 0.25) is 10.3 Å². The minimum atomic E-state index is 0.285. The number of rotatable bonds is 0. The van der Waals surface area contributed by atoms with Crippen LogP contribution < -0.4 is 0 Å². The summed E-state index contributed by atoms with van der Waals surface area (Å²) in [7, 11) is 0. The Morgan fingerprint density at radius 1 is 1.25 bits per heavy atom. The van der Waals surface area contributed by atoms with Crippen molar-refractivity contribution in [3.8, 4) is 0 Å². The van der Waals surface area contributed by atoms with E-state index < -0.39 is 0 Å². The first kappa shape index (κ1) is 8.73. The fraction of sp³-hybridized carbons (Fsp3) is 0.429. The second-order valence-corrected chi connectivity index (χ2v) is 4.50. The van der Waals surface area contributed by atoms with Crippen LogP contribution in [-0.4, -0.2) is 10.2 Å². The maximum atomic E-state index is 5.87. The van der Waals surface area contributed by atoms with Gasteiger partial charge in [0, 0.05) is 10.4 Å². The lowest BCUT2D eigenvalue weighted by Gasteiger charge is -2.03. The maximum Gasteiger partial charge on any atom is 0.156 e. The molecule has 0 fully saturated rings. The quantitative estimate of drug-likeness (QED) is 0.675. The van der Waals surface area contributed by atoms with Crippen LogP contribution in [0.4, 0.5) is 0 Å². The van der Waals surface area contributed by atoms with Gasteiger partial charge >= 0.3 is 0 Å². The van der Waals surface area contributed by atoms with E-state index >= 15 is 0 Å². The van der Waals surface area contributed by atoms with E-state index in [1.807, 2.05) is 0 Å². The summed E-state index contributed by atoms with van der Waals surface area (Å²) in [6.45, 7) is 0. The Bertz CT molecular complexity index is 329. The highest BCUT2D eigenvalue weighted by Gasteiger charge is 2.26. The Labute approximate surface area is 88.4 Å². The molecule has 1 aliphatic rings. The highest BCUT2D eigenvalue weighted by molar-refractivity contribution is 9.09. The van der Waals surface area contributed by atoms with Gasteiger partial charge in [-0.25, -0.2) is 0 Å². The van der Waals surface area contributed by atoms with Crippen LogP contribution >= 0.6 is 39.1 Å². The Balaban J connectivity index is 2.64. The summed E-state index contributed by atoms with van der Waals surface area (Å²) >= 11 is 15.2. The van der Waals surface area contributed by atoms with Gasteiger partial charge in [-0.05, 0) is 18.4 Å². The van der Waals surface area contributed by atoms with Crippen LogP contribution in [0.25, 0.3) is 0 Å². The fourth-order valence-electron chi connectivity index (χ4n) is 1.41.